The average molecular weight is 298 g/mol. The van der Waals surface area contributed by atoms with E-state index in [2.05, 4.69) is 22.4 Å². The molecule has 0 bridgehead atoms. The molecule has 1 N–H and O–H groups in total. The van der Waals surface area contributed by atoms with Crippen LogP contribution >= 0.6 is 11.8 Å². The Bertz CT molecular complexity index is 489. The number of carbonyl (C=O) groups is 1. The molecule has 0 spiro atoms. The fourth-order valence-corrected chi connectivity index (χ4v) is 3.92. The fraction of sp³-hybridized carbons (Fsp3) is 0.846. The van der Waals surface area contributed by atoms with E-state index < -0.39 is 5.97 Å². The van der Waals surface area contributed by atoms with E-state index in [1.165, 1.54) is 0 Å². The highest BCUT2D eigenvalue weighted by Crippen LogP contribution is 2.46. The number of carboxylic acids is 1. The molecule has 1 saturated heterocycles. The van der Waals surface area contributed by atoms with Gasteiger partial charge >= 0.3 is 5.97 Å². The normalized spacial score (nSPS) is 24.8. The average Bonchev–Trinajstić information content (AvgIpc) is 2.93. The number of thioether (sulfide) groups is 1. The van der Waals surface area contributed by atoms with Crippen molar-refractivity contribution in [2.75, 3.05) is 5.75 Å². The molecule has 1 aliphatic rings. The molecule has 2 rings (SSSR count). The number of tetrazole rings is 1. The van der Waals surface area contributed by atoms with Gasteiger partial charge < -0.3 is 5.11 Å². The molecule has 112 valence electrons. The van der Waals surface area contributed by atoms with E-state index in [9.17, 15) is 9.90 Å². The lowest BCUT2D eigenvalue weighted by Gasteiger charge is -2.32. The van der Waals surface area contributed by atoms with E-state index in [-0.39, 0.29) is 22.6 Å². The monoisotopic (exact) mass is 298 g/mol. The van der Waals surface area contributed by atoms with Crippen LogP contribution in [0.4, 0.5) is 0 Å². The zero-order valence-corrected chi connectivity index (χ0v) is 13.3. The second-order valence-corrected chi connectivity index (χ2v) is 8.21. The molecule has 0 aromatic carbocycles. The standard InChI is InChI=1S/C13H22N4O2S/c1-12(2,3)9(8-10(18)19)17-11(14-15-16-17)13(4)6-5-7-20-13/h9H,5-8H2,1-4H3,(H,18,19). The van der Waals surface area contributed by atoms with Crippen LogP contribution in [-0.4, -0.2) is 37.0 Å². The highest BCUT2D eigenvalue weighted by Gasteiger charge is 2.40. The van der Waals surface area contributed by atoms with Gasteiger partial charge in [-0.1, -0.05) is 20.8 Å². The number of hydrogen-bond donors (Lipinski definition) is 1. The maximum atomic E-state index is 11.2. The maximum absolute atomic E-state index is 11.2. The third-order valence-corrected chi connectivity index (χ3v) is 5.36. The summed E-state index contributed by atoms with van der Waals surface area (Å²) in [5, 5.41) is 21.3. The first-order valence-electron chi connectivity index (χ1n) is 6.88. The fourth-order valence-electron chi connectivity index (χ4n) is 2.63. The van der Waals surface area contributed by atoms with Gasteiger partial charge in [0.25, 0.3) is 0 Å². The minimum atomic E-state index is -0.824. The van der Waals surface area contributed by atoms with Crippen LogP contribution in [0.2, 0.25) is 0 Å². The summed E-state index contributed by atoms with van der Waals surface area (Å²) >= 11 is 1.85. The maximum Gasteiger partial charge on any atom is 0.305 e. The van der Waals surface area contributed by atoms with Gasteiger partial charge in [0.05, 0.1) is 17.2 Å². The minimum Gasteiger partial charge on any atom is -0.481 e. The second-order valence-electron chi connectivity index (χ2n) is 6.61. The van der Waals surface area contributed by atoms with Crippen LogP contribution in [0.3, 0.4) is 0 Å². The number of aromatic nitrogens is 4. The number of rotatable bonds is 4. The van der Waals surface area contributed by atoms with Crippen molar-refractivity contribution in [2.45, 2.75) is 57.7 Å². The van der Waals surface area contributed by atoms with Gasteiger partial charge in [0, 0.05) is 0 Å². The van der Waals surface area contributed by atoms with E-state index in [0.717, 1.165) is 24.4 Å². The van der Waals surface area contributed by atoms with E-state index in [4.69, 9.17) is 0 Å². The van der Waals surface area contributed by atoms with Crippen molar-refractivity contribution in [1.29, 1.82) is 0 Å². The Kier molecular flexibility index (Phi) is 4.09. The van der Waals surface area contributed by atoms with Gasteiger partial charge in [-0.2, -0.15) is 0 Å². The van der Waals surface area contributed by atoms with E-state index in [1.807, 2.05) is 32.5 Å². The summed E-state index contributed by atoms with van der Waals surface area (Å²) in [6, 6.07) is -0.247. The number of nitrogens with zero attached hydrogens (tertiary/aromatic N) is 4. The van der Waals surface area contributed by atoms with Crippen LogP contribution in [0, 0.1) is 5.41 Å². The van der Waals surface area contributed by atoms with Crippen molar-refractivity contribution in [2.24, 2.45) is 5.41 Å². The minimum absolute atomic E-state index is 0.0300. The quantitative estimate of drug-likeness (QED) is 0.919. The summed E-state index contributed by atoms with van der Waals surface area (Å²) in [6.07, 6.45) is 2.21. The largest absolute Gasteiger partial charge is 0.481 e. The summed E-state index contributed by atoms with van der Waals surface area (Å²) in [5.74, 6) is 1.08. The first-order chi connectivity index (χ1) is 9.24. The van der Waals surface area contributed by atoms with Crippen LogP contribution in [0.5, 0.6) is 0 Å². The molecule has 6 nitrogen and oxygen atoms in total. The molecule has 1 fully saturated rings. The molecular formula is C13H22N4O2S. The molecule has 2 atom stereocenters. The zero-order chi connectivity index (χ0) is 15.0. The van der Waals surface area contributed by atoms with Crippen LogP contribution < -0.4 is 0 Å². The molecule has 0 saturated carbocycles. The smallest absolute Gasteiger partial charge is 0.305 e. The van der Waals surface area contributed by atoms with Gasteiger partial charge in [0.15, 0.2) is 5.82 Å². The molecule has 0 aliphatic carbocycles. The van der Waals surface area contributed by atoms with Gasteiger partial charge in [0.1, 0.15) is 0 Å². The number of carboxylic acid groups (broad SMARTS) is 1. The summed E-state index contributed by atoms with van der Waals surface area (Å²) in [6.45, 7) is 8.22. The van der Waals surface area contributed by atoms with E-state index >= 15 is 0 Å². The predicted octanol–water partition coefficient (Wildman–Crippen LogP) is 2.48. The molecular weight excluding hydrogens is 276 g/mol. The summed E-state index contributed by atoms with van der Waals surface area (Å²) in [5.41, 5.74) is -0.220. The lowest BCUT2D eigenvalue weighted by atomic mass is 9.84. The Morgan fingerprint density at radius 3 is 2.75 bits per heavy atom. The molecule has 1 aliphatic heterocycles. The van der Waals surface area contributed by atoms with E-state index in [0.29, 0.717) is 0 Å². The highest BCUT2D eigenvalue weighted by atomic mass is 32.2. The van der Waals surface area contributed by atoms with Crippen molar-refractivity contribution in [3.05, 3.63) is 5.82 Å². The topological polar surface area (TPSA) is 80.9 Å². The Hall–Kier alpha value is -1.11. The van der Waals surface area contributed by atoms with Crippen molar-refractivity contribution < 1.29 is 9.90 Å². The molecule has 0 amide bonds. The Labute approximate surface area is 123 Å². The zero-order valence-electron chi connectivity index (χ0n) is 12.5. The van der Waals surface area contributed by atoms with Gasteiger partial charge in [-0.15, -0.1) is 16.9 Å². The second kappa shape index (κ2) is 5.35. The molecule has 1 aromatic rings. The van der Waals surface area contributed by atoms with Crippen LogP contribution in [0.1, 0.15) is 58.8 Å². The van der Waals surface area contributed by atoms with Gasteiger partial charge in [-0.25, -0.2) is 4.68 Å². The molecule has 2 heterocycles. The first kappa shape index (κ1) is 15.3. The van der Waals surface area contributed by atoms with Gasteiger partial charge in [-0.05, 0) is 41.4 Å². The van der Waals surface area contributed by atoms with Crippen LogP contribution in [0.15, 0.2) is 0 Å². The van der Waals surface area contributed by atoms with Crippen molar-refractivity contribution in [3.63, 3.8) is 0 Å². The number of aliphatic carboxylic acids is 1. The third kappa shape index (κ3) is 2.97. The molecule has 7 heteroatoms. The predicted molar refractivity (Wildman–Crippen MR) is 77.6 cm³/mol. The Morgan fingerprint density at radius 2 is 2.25 bits per heavy atom. The Balaban J connectivity index is 2.40. The lowest BCUT2D eigenvalue weighted by Crippen LogP contribution is -2.32. The van der Waals surface area contributed by atoms with E-state index in [1.54, 1.807) is 4.68 Å². The summed E-state index contributed by atoms with van der Waals surface area (Å²) < 4.78 is 1.64. The van der Waals surface area contributed by atoms with Crippen LogP contribution in [0.25, 0.3) is 0 Å². The molecule has 20 heavy (non-hydrogen) atoms. The van der Waals surface area contributed by atoms with Crippen LogP contribution in [-0.2, 0) is 9.54 Å². The SMILES string of the molecule is CC1(c2nnnn2C(CC(=O)O)C(C)(C)C)CCCS1. The third-order valence-electron chi connectivity index (χ3n) is 3.85. The van der Waals surface area contributed by atoms with Crippen molar-refractivity contribution in [3.8, 4) is 0 Å². The lowest BCUT2D eigenvalue weighted by molar-refractivity contribution is -0.138. The summed E-state index contributed by atoms with van der Waals surface area (Å²) in [7, 11) is 0. The summed E-state index contributed by atoms with van der Waals surface area (Å²) in [4.78, 5) is 11.2. The molecule has 0 radical (unpaired) electrons. The van der Waals surface area contributed by atoms with Crippen molar-refractivity contribution >= 4 is 17.7 Å². The van der Waals surface area contributed by atoms with Gasteiger partial charge in [0.2, 0.25) is 0 Å². The first-order valence-corrected chi connectivity index (χ1v) is 7.87. The van der Waals surface area contributed by atoms with Crippen molar-refractivity contribution in [1.82, 2.24) is 20.2 Å². The number of hydrogen-bond acceptors (Lipinski definition) is 5. The highest BCUT2D eigenvalue weighted by molar-refractivity contribution is 8.00. The molecule has 1 aromatic heterocycles. The Morgan fingerprint density at radius 1 is 1.55 bits per heavy atom. The molecule has 2 unspecified atom stereocenters. The van der Waals surface area contributed by atoms with Gasteiger partial charge in [-0.3, -0.25) is 4.79 Å².